The molecule has 2 aromatic heterocycles. The lowest BCUT2D eigenvalue weighted by Crippen LogP contribution is -2.47. The second kappa shape index (κ2) is 7.73. The van der Waals surface area contributed by atoms with Gasteiger partial charge >= 0.3 is 0 Å². The predicted octanol–water partition coefficient (Wildman–Crippen LogP) is 2.39. The smallest absolute Gasteiger partial charge is 0.252 e. The summed E-state index contributed by atoms with van der Waals surface area (Å²) >= 11 is 0. The highest BCUT2D eigenvalue weighted by atomic mass is 16.2. The molecule has 6 rings (SSSR count). The highest BCUT2D eigenvalue weighted by molar-refractivity contribution is 6.18. The normalized spacial score (nSPS) is 24.1. The van der Waals surface area contributed by atoms with Crippen molar-refractivity contribution in [1.29, 1.82) is 0 Å². The van der Waals surface area contributed by atoms with Crippen LogP contribution in [-0.2, 0) is 4.79 Å². The maximum absolute atomic E-state index is 12.7. The van der Waals surface area contributed by atoms with Crippen LogP contribution < -0.4 is 21.3 Å². The summed E-state index contributed by atoms with van der Waals surface area (Å²) in [6.07, 6.45) is 6.55. The van der Waals surface area contributed by atoms with Gasteiger partial charge in [-0.05, 0) is 62.7 Å². The molecule has 1 atom stereocenters. The minimum atomic E-state index is -0.491. The van der Waals surface area contributed by atoms with Crippen molar-refractivity contribution in [2.24, 2.45) is 11.1 Å². The first kappa shape index (κ1) is 20.5. The largest absolute Gasteiger partial charge is 0.365 e. The van der Waals surface area contributed by atoms with E-state index in [2.05, 4.69) is 38.7 Å². The van der Waals surface area contributed by atoms with Gasteiger partial charge in [-0.2, -0.15) is 0 Å². The molecule has 0 bridgehead atoms. The highest BCUT2D eigenvalue weighted by Gasteiger charge is 2.45. The third-order valence-electron chi connectivity index (χ3n) is 7.95. The van der Waals surface area contributed by atoms with E-state index in [4.69, 9.17) is 10.7 Å². The van der Waals surface area contributed by atoms with Gasteiger partial charge in [-0.25, -0.2) is 4.98 Å². The number of fused-ring (bicyclic) bond motifs is 3. The molecular weight excluding hydrogens is 416 g/mol. The summed E-state index contributed by atoms with van der Waals surface area (Å²) in [6, 6.07) is 6.60. The molecule has 172 valence electrons. The third kappa shape index (κ3) is 3.27. The predicted molar refractivity (Wildman–Crippen MR) is 128 cm³/mol. The number of hydrogen-bond donors (Lipinski definition) is 4. The number of nitrogens with one attached hydrogen (secondary N) is 3. The molecular formula is C25H30N6O2. The van der Waals surface area contributed by atoms with E-state index in [0.717, 1.165) is 85.9 Å². The fraction of sp³-hybridized carbons (Fsp3) is 0.480. The second-order valence-corrected chi connectivity index (χ2v) is 9.88. The summed E-state index contributed by atoms with van der Waals surface area (Å²) in [6.45, 7) is 4.31. The Bertz CT molecular complexity index is 1260. The number of carbonyl (C=O) groups is 2. The van der Waals surface area contributed by atoms with E-state index in [1.54, 1.807) is 6.20 Å². The van der Waals surface area contributed by atoms with E-state index < -0.39 is 5.91 Å². The van der Waals surface area contributed by atoms with E-state index in [0.29, 0.717) is 18.0 Å². The summed E-state index contributed by atoms with van der Waals surface area (Å²) in [7, 11) is 0. The molecule has 1 unspecified atom stereocenters. The topological polar surface area (TPSA) is 116 Å². The SMILES string of the molecule is NC(=O)c1cnc(N2CCCC3(CCNC3=O)C2)c2c1[nH]c1cc(C3CCNCC3)ccc12. The molecule has 0 saturated carbocycles. The molecule has 5 heterocycles. The number of nitrogens with zero attached hydrogens (tertiary/aromatic N) is 2. The van der Waals surface area contributed by atoms with Crippen molar-refractivity contribution in [2.75, 3.05) is 37.6 Å². The molecule has 3 fully saturated rings. The quantitative estimate of drug-likeness (QED) is 0.493. The number of amides is 2. The van der Waals surface area contributed by atoms with Gasteiger partial charge < -0.3 is 26.3 Å². The minimum Gasteiger partial charge on any atom is -0.365 e. The van der Waals surface area contributed by atoms with E-state index in [9.17, 15) is 9.59 Å². The zero-order valence-electron chi connectivity index (χ0n) is 18.7. The molecule has 3 saturated heterocycles. The van der Waals surface area contributed by atoms with Crippen LogP contribution in [0.5, 0.6) is 0 Å². The number of anilines is 1. The molecule has 0 radical (unpaired) electrons. The Labute approximate surface area is 192 Å². The average Bonchev–Trinajstić information content (AvgIpc) is 3.38. The zero-order chi connectivity index (χ0) is 22.6. The lowest BCUT2D eigenvalue weighted by atomic mass is 9.78. The van der Waals surface area contributed by atoms with Gasteiger partial charge in [0.25, 0.3) is 5.91 Å². The average molecular weight is 447 g/mol. The van der Waals surface area contributed by atoms with Crippen LogP contribution in [0.25, 0.3) is 21.8 Å². The molecule has 33 heavy (non-hydrogen) atoms. The number of carbonyl (C=O) groups excluding carboxylic acids is 2. The Morgan fingerprint density at radius 2 is 2.03 bits per heavy atom. The number of benzene rings is 1. The zero-order valence-corrected chi connectivity index (χ0v) is 18.7. The molecule has 5 N–H and O–H groups in total. The van der Waals surface area contributed by atoms with Crippen LogP contribution >= 0.6 is 0 Å². The van der Waals surface area contributed by atoms with Crippen LogP contribution in [0.2, 0.25) is 0 Å². The van der Waals surface area contributed by atoms with Crippen molar-refractivity contribution in [3.63, 3.8) is 0 Å². The number of nitrogens with two attached hydrogens (primary N) is 1. The van der Waals surface area contributed by atoms with Crippen molar-refractivity contribution < 1.29 is 9.59 Å². The Kier molecular flexibility index (Phi) is 4.79. The Morgan fingerprint density at radius 3 is 2.79 bits per heavy atom. The fourth-order valence-electron chi connectivity index (χ4n) is 6.16. The van der Waals surface area contributed by atoms with Crippen LogP contribution in [0, 0.1) is 5.41 Å². The summed E-state index contributed by atoms with van der Waals surface area (Å²) in [4.78, 5) is 35.3. The summed E-state index contributed by atoms with van der Waals surface area (Å²) in [5.74, 6) is 1.03. The second-order valence-electron chi connectivity index (χ2n) is 9.88. The monoisotopic (exact) mass is 446 g/mol. The number of aromatic amines is 1. The van der Waals surface area contributed by atoms with Crippen molar-refractivity contribution in [2.45, 2.75) is 38.0 Å². The van der Waals surface area contributed by atoms with Gasteiger partial charge in [0.05, 0.1) is 21.9 Å². The van der Waals surface area contributed by atoms with Crippen molar-refractivity contribution >= 4 is 39.4 Å². The van der Waals surface area contributed by atoms with Gasteiger partial charge in [-0.1, -0.05) is 12.1 Å². The highest BCUT2D eigenvalue weighted by Crippen LogP contribution is 2.41. The van der Waals surface area contributed by atoms with E-state index >= 15 is 0 Å². The molecule has 3 aliphatic heterocycles. The first-order chi connectivity index (χ1) is 16.1. The molecule has 1 aromatic carbocycles. The number of H-pyrrole nitrogens is 1. The molecule has 3 aromatic rings. The van der Waals surface area contributed by atoms with Crippen molar-refractivity contribution in [3.8, 4) is 0 Å². The molecule has 8 nitrogen and oxygen atoms in total. The number of hydrogen-bond acceptors (Lipinski definition) is 5. The van der Waals surface area contributed by atoms with E-state index in [1.807, 2.05) is 0 Å². The number of piperidine rings is 2. The standard InChI is InChI=1S/C25H30N6O2/c26-22(32)18-13-29-23(31-11-1-6-25(14-31)7-10-28-24(25)33)20-17-3-2-16(12-19(17)30-21(18)20)15-4-8-27-9-5-15/h2-3,12-13,15,27,30H,1,4-11,14H2,(H2,26,32)(H,28,33). The van der Waals surface area contributed by atoms with Gasteiger partial charge in [-0.3, -0.25) is 9.59 Å². The third-order valence-corrected chi connectivity index (χ3v) is 7.95. The van der Waals surface area contributed by atoms with E-state index in [-0.39, 0.29) is 11.3 Å². The van der Waals surface area contributed by atoms with Gasteiger partial charge in [0.1, 0.15) is 5.82 Å². The van der Waals surface area contributed by atoms with Crippen LogP contribution in [0.15, 0.2) is 24.4 Å². The van der Waals surface area contributed by atoms with Gasteiger partial charge in [-0.15, -0.1) is 0 Å². The first-order valence-electron chi connectivity index (χ1n) is 12.0. The molecule has 2 amide bonds. The Morgan fingerprint density at radius 1 is 1.18 bits per heavy atom. The van der Waals surface area contributed by atoms with Gasteiger partial charge in [0.15, 0.2) is 0 Å². The lowest BCUT2D eigenvalue weighted by molar-refractivity contribution is -0.128. The molecule has 1 spiro atoms. The van der Waals surface area contributed by atoms with Crippen LogP contribution in [-0.4, -0.2) is 54.5 Å². The molecule has 8 heteroatoms. The van der Waals surface area contributed by atoms with Gasteiger partial charge in [0.2, 0.25) is 5.91 Å². The summed E-state index contributed by atoms with van der Waals surface area (Å²) in [5, 5.41) is 8.42. The fourth-order valence-corrected chi connectivity index (χ4v) is 6.16. The molecule has 0 aliphatic carbocycles. The van der Waals surface area contributed by atoms with Crippen LogP contribution in [0.4, 0.5) is 5.82 Å². The number of pyridine rings is 1. The first-order valence-corrected chi connectivity index (χ1v) is 12.0. The van der Waals surface area contributed by atoms with Gasteiger partial charge in [0, 0.05) is 36.7 Å². The number of rotatable bonds is 3. The summed E-state index contributed by atoms with van der Waals surface area (Å²) in [5.41, 5.74) is 8.84. The number of primary amides is 1. The lowest BCUT2D eigenvalue weighted by Gasteiger charge is -2.39. The number of aromatic nitrogens is 2. The Balaban J connectivity index is 1.48. The summed E-state index contributed by atoms with van der Waals surface area (Å²) < 4.78 is 0. The van der Waals surface area contributed by atoms with Crippen LogP contribution in [0.1, 0.15) is 53.9 Å². The van der Waals surface area contributed by atoms with E-state index in [1.165, 1.54) is 5.56 Å². The minimum absolute atomic E-state index is 0.155. The molecule has 3 aliphatic rings. The van der Waals surface area contributed by atoms with Crippen LogP contribution in [0.3, 0.4) is 0 Å². The maximum atomic E-state index is 12.7. The van der Waals surface area contributed by atoms with Crippen molar-refractivity contribution in [1.82, 2.24) is 20.6 Å². The van der Waals surface area contributed by atoms with Crippen molar-refractivity contribution in [3.05, 3.63) is 35.5 Å². The Hall–Kier alpha value is -3.13. The maximum Gasteiger partial charge on any atom is 0.252 e.